The quantitative estimate of drug-likeness (QED) is 0.196. The molecule has 3 fully saturated rings. The van der Waals surface area contributed by atoms with Crippen LogP contribution in [-0.2, 0) is 25.5 Å². The molecule has 10 nitrogen and oxygen atoms in total. The number of benzene rings is 1. The van der Waals surface area contributed by atoms with E-state index in [1.54, 1.807) is 0 Å². The number of aliphatic hydroxyl groups excluding tert-OH is 2. The fourth-order valence-corrected chi connectivity index (χ4v) is 7.48. The number of ether oxygens (including phenoxy) is 1. The Balaban J connectivity index is 1.44. The van der Waals surface area contributed by atoms with Gasteiger partial charge in [0.1, 0.15) is 18.2 Å². The molecule has 4 rings (SSSR count). The number of phenolic OH excluding ortho intramolecular Hbond substituents is 2. The molecule has 44 heavy (non-hydrogen) atoms. The van der Waals surface area contributed by atoms with Crippen LogP contribution in [0.25, 0.3) is 0 Å². The van der Waals surface area contributed by atoms with Gasteiger partial charge >= 0.3 is 5.97 Å². The van der Waals surface area contributed by atoms with Gasteiger partial charge in [0.25, 0.3) is 0 Å². The van der Waals surface area contributed by atoms with Gasteiger partial charge < -0.3 is 35.4 Å². The molecule has 0 bridgehead atoms. The Morgan fingerprint density at radius 1 is 1.05 bits per heavy atom. The Hall–Kier alpha value is -2.85. The zero-order valence-electron chi connectivity index (χ0n) is 26.9. The van der Waals surface area contributed by atoms with Gasteiger partial charge in [0.15, 0.2) is 11.5 Å². The lowest BCUT2D eigenvalue weighted by Crippen LogP contribution is -2.57. The van der Waals surface area contributed by atoms with Crippen molar-refractivity contribution in [3.63, 3.8) is 0 Å². The fourth-order valence-electron chi connectivity index (χ4n) is 7.48. The van der Waals surface area contributed by atoms with Crippen molar-refractivity contribution in [1.82, 2.24) is 10.2 Å². The molecule has 1 heterocycles. The summed E-state index contributed by atoms with van der Waals surface area (Å²) in [5.74, 6) is -2.18. The number of nitrogens with one attached hydrogen (secondary N) is 1. The topological polar surface area (TPSA) is 157 Å². The predicted octanol–water partition coefficient (Wildman–Crippen LogP) is 3.81. The first kappa shape index (κ1) is 34.0. The Labute approximate surface area is 261 Å². The van der Waals surface area contributed by atoms with Crippen molar-refractivity contribution < 1.29 is 39.5 Å². The lowest BCUT2D eigenvalue weighted by Gasteiger charge is -2.40. The molecule has 1 aliphatic heterocycles. The van der Waals surface area contributed by atoms with Gasteiger partial charge in [-0.3, -0.25) is 9.59 Å². The Morgan fingerprint density at radius 3 is 2.34 bits per heavy atom. The van der Waals surface area contributed by atoms with E-state index in [1.165, 1.54) is 23.1 Å². The molecular formula is C34H52N2O8. The standard InChI is InChI=1S/C34H52N2O8/c1-20(15-23-13-14-33(2,3)34(23,4)5)44-32(43)25-18-24(37)19-36(25)31(42)29(22-9-7-6-8-10-22)35-30(41)28(40)17-21-11-12-26(38)27(39)16-21/h11-12,16,20,22-25,28-29,37-40H,6-10,13-15,17-19H2,1-5H3,(H,35,41). The van der Waals surface area contributed by atoms with E-state index >= 15 is 0 Å². The second-order valence-electron chi connectivity index (χ2n) is 14.6. The van der Waals surface area contributed by atoms with Crippen LogP contribution in [0.3, 0.4) is 0 Å². The maximum absolute atomic E-state index is 14.1. The molecule has 5 N–H and O–H groups in total. The monoisotopic (exact) mass is 616 g/mol. The van der Waals surface area contributed by atoms with Crippen LogP contribution in [0, 0.1) is 22.7 Å². The summed E-state index contributed by atoms with van der Waals surface area (Å²) in [6, 6.07) is 2.11. The van der Waals surface area contributed by atoms with Gasteiger partial charge in [0.2, 0.25) is 11.8 Å². The minimum absolute atomic E-state index is 0.0365. The number of likely N-dealkylation sites (tertiary alicyclic amines) is 1. The molecular weight excluding hydrogens is 564 g/mol. The van der Waals surface area contributed by atoms with Gasteiger partial charge in [0, 0.05) is 19.4 Å². The number of nitrogens with zero attached hydrogens (tertiary/aromatic N) is 1. The molecule has 6 unspecified atom stereocenters. The van der Waals surface area contributed by atoms with Gasteiger partial charge in [0.05, 0.1) is 12.2 Å². The van der Waals surface area contributed by atoms with Gasteiger partial charge in [-0.05, 0) is 79.4 Å². The number of carbonyl (C=O) groups is 3. The summed E-state index contributed by atoms with van der Waals surface area (Å²) >= 11 is 0. The molecule has 0 radical (unpaired) electrons. The normalized spacial score (nSPS) is 27.0. The van der Waals surface area contributed by atoms with E-state index in [1.807, 2.05) is 6.92 Å². The molecule has 10 heteroatoms. The van der Waals surface area contributed by atoms with Crippen molar-refractivity contribution in [3.8, 4) is 11.5 Å². The van der Waals surface area contributed by atoms with Crippen molar-refractivity contribution in [1.29, 1.82) is 0 Å². The van der Waals surface area contributed by atoms with E-state index in [4.69, 9.17) is 4.74 Å². The third-order valence-corrected chi connectivity index (χ3v) is 11.1. The van der Waals surface area contributed by atoms with Crippen LogP contribution in [0.2, 0.25) is 0 Å². The molecule has 1 aromatic carbocycles. The highest BCUT2D eigenvalue weighted by atomic mass is 16.5. The number of aromatic hydroxyl groups is 2. The van der Waals surface area contributed by atoms with Crippen LogP contribution in [0.5, 0.6) is 11.5 Å². The maximum atomic E-state index is 14.1. The van der Waals surface area contributed by atoms with Crippen LogP contribution >= 0.6 is 0 Å². The summed E-state index contributed by atoms with van der Waals surface area (Å²) in [5.41, 5.74) is 0.725. The number of aliphatic hydroxyl groups is 2. The molecule has 2 saturated carbocycles. The summed E-state index contributed by atoms with van der Waals surface area (Å²) in [6.45, 7) is 11.0. The number of hydrogen-bond donors (Lipinski definition) is 5. The summed E-state index contributed by atoms with van der Waals surface area (Å²) in [5, 5.41) is 43.4. The smallest absolute Gasteiger partial charge is 0.329 e. The van der Waals surface area contributed by atoms with Gasteiger partial charge in [-0.15, -0.1) is 0 Å². The predicted molar refractivity (Wildman–Crippen MR) is 165 cm³/mol. The fraction of sp³-hybridized carbons (Fsp3) is 0.735. The van der Waals surface area contributed by atoms with Gasteiger partial charge in [-0.25, -0.2) is 4.79 Å². The van der Waals surface area contributed by atoms with Crippen molar-refractivity contribution in [2.24, 2.45) is 22.7 Å². The van der Waals surface area contributed by atoms with Gasteiger partial charge in [-0.1, -0.05) is 53.0 Å². The Bertz CT molecular complexity index is 1190. The minimum atomic E-state index is -1.51. The highest BCUT2D eigenvalue weighted by Gasteiger charge is 2.49. The molecule has 2 amide bonds. The van der Waals surface area contributed by atoms with E-state index in [0.29, 0.717) is 24.3 Å². The highest BCUT2D eigenvalue weighted by Crippen LogP contribution is 2.57. The lowest BCUT2D eigenvalue weighted by atomic mass is 9.66. The molecule has 246 valence electrons. The number of amides is 2. The second-order valence-corrected chi connectivity index (χ2v) is 14.6. The first-order valence-electron chi connectivity index (χ1n) is 16.3. The third-order valence-electron chi connectivity index (χ3n) is 11.1. The number of esters is 1. The lowest BCUT2D eigenvalue weighted by molar-refractivity contribution is -0.159. The summed E-state index contributed by atoms with van der Waals surface area (Å²) in [4.78, 5) is 42.1. The van der Waals surface area contributed by atoms with Crippen LogP contribution < -0.4 is 5.32 Å². The number of β-amino-alcohol motifs (C(OH)–C–C–N with tert-alkyl or cyclic N) is 1. The van der Waals surface area contributed by atoms with E-state index < -0.39 is 42.1 Å². The summed E-state index contributed by atoms with van der Waals surface area (Å²) in [7, 11) is 0. The van der Waals surface area contributed by atoms with Crippen molar-refractivity contribution in [3.05, 3.63) is 23.8 Å². The maximum Gasteiger partial charge on any atom is 0.329 e. The van der Waals surface area contributed by atoms with Crippen molar-refractivity contribution >= 4 is 17.8 Å². The third kappa shape index (κ3) is 7.50. The Morgan fingerprint density at radius 2 is 1.73 bits per heavy atom. The molecule has 0 aromatic heterocycles. The highest BCUT2D eigenvalue weighted by molar-refractivity contribution is 5.92. The van der Waals surface area contributed by atoms with Crippen LogP contribution in [0.15, 0.2) is 18.2 Å². The minimum Gasteiger partial charge on any atom is -0.504 e. The molecule has 1 aromatic rings. The average molecular weight is 617 g/mol. The average Bonchev–Trinajstić information content (AvgIpc) is 3.45. The van der Waals surface area contributed by atoms with E-state index in [-0.39, 0.29) is 53.7 Å². The zero-order chi connectivity index (χ0) is 32.4. The first-order valence-corrected chi connectivity index (χ1v) is 16.3. The van der Waals surface area contributed by atoms with Crippen LogP contribution in [0.4, 0.5) is 0 Å². The van der Waals surface area contributed by atoms with Crippen molar-refractivity contribution in [2.45, 2.75) is 129 Å². The van der Waals surface area contributed by atoms with Crippen molar-refractivity contribution in [2.75, 3.05) is 6.54 Å². The number of hydrogen-bond acceptors (Lipinski definition) is 8. The zero-order valence-corrected chi connectivity index (χ0v) is 26.9. The van der Waals surface area contributed by atoms with E-state index in [2.05, 4.69) is 33.0 Å². The first-order chi connectivity index (χ1) is 20.6. The number of rotatable bonds is 10. The molecule has 0 spiro atoms. The molecule has 1 saturated heterocycles. The summed E-state index contributed by atoms with van der Waals surface area (Å²) < 4.78 is 5.91. The number of phenols is 2. The number of carbonyl (C=O) groups excluding carboxylic acids is 3. The largest absolute Gasteiger partial charge is 0.504 e. The molecule has 3 aliphatic rings. The van der Waals surface area contributed by atoms with E-state index in [0.717, 1.165) is 38.5 Å². The van der Waals surface area contributed by atoms with E-state index in [9.17, 15) is 34.8 Å². The second kappa shape index (κ2) is 13.6. The summed E-state index contributed by atoms with van der Waals surface area (Å²) in [6.07, 6.45) is 4.37. The molecule has 6 atom stereocenters. The van der Waals surface area contributed by atoms with Crippen LogP contribution in [0.1, 0.15) is 98.0 Å². The van der Waals surface area contributed by atoms with Crippen LogP contribution in [-0.4, -0.2) is 80.1 Å². The Kier molecular flexibility index (Phi) is 10.6. The van der Waals surface area contributed by atoms with Gasteiger partial charge in [-0.2, -0.15) is 0 Å². The SMILES string of the molecule is CC(CC1CCC(C)(C)C1(C)C)OC(=O)C1CC(O)CN1C(=O)C(NC(=O)C(O)Cc1ccc(O)c(O)c1)C1CCCCC1. The molecule has 2 aliphatic carbocycles.